The van der Waals surface area contributed by atoms with Crippen LogP contribution in [0.3, 0.4) is 0 Å². The number of piperidine rings is 1. The number of aliphatic hydroxyl groups excluding tert-OH is 1. The van der Waals surface area contributed by atoms with Crippen LogP contribution in [-0.2, 0) is 24.5 Å². The second kappa shape index (κ2) is 9.62. The van der Waals surface area contributed by atoms with E-state index in [0.29, 0.717) is 24.5 Å². The molecule has 6 atom stereocenters. The number of carbonyl (C=O) groups is 3. The van der Waals surface area contributed by atoms with Crippen molar-refractivity contribution < 1.29 is 43.9 Å². The summed E-state index contributed by atoms with van der Waals surface area (Å²) >= 11 is 0. The van der Waals surface area contributed by atoms with Gasteiger partial charge in [-0.3, -0.25) is 4.79 Å². The molecular formula is C26H34N2O9. The van der Waals surface area contributed by atoms with Crippen LogP contribution in [0.15, 0.2) is 24.0 Å². The molecule has 4 N–H and O–H groups in total. The number of ether oxygens (including phenoxy) is 3. The lowest BCUT2D eigenvalue weighted by Gasteiger charge is -2.58. The standard InChI is InChI=1S/C26H34N2O9/c1-13-6-7-17(35-5)21-20(13)25-10-11-28(4)15(3)26(25,34)9-8-18(22(25)37-21)36-24(33)14(2)27-19(30)12-16(29)23(31)32/h6-8,14-16,22,29,34H,9-12H2,1-5H3,(H,27,30)(H,31,32)/t14-,15+,16-,22-,25-,26+/m0/s1. The lowest BCUT2D eigenvalue weighted by Crippen LogP contribution is -2.71. The Morgan fingerprint density at radius 3 is 2.68 bits per heavy atom. The van der Waals surface area contributed by atoms with Gasteiger partial charge in [0.15, 0.2) is 23.7 Å². The van der Waals surface area contributed by atoms with Crippen LogP contribution < -0.4 is 14.8 Å². The van der Waals surface area contributed by atoms with Crippen molar-refractivity contribution in [2.24, 2.45) is 0 Å². The number of fused-ring (bicyclic) bond motifs is 1. The van der Waals surface area contributed by atoms with Crippen molar-refractivity contribution in [2.45, 2.75) is 75.3 Å². The number of aryl methyl sites for hydroxylation is 1. The van der Waals surface area contributed by atoms with Crippen molar-refractivity contribution >= 4 is 17.8 Å². The van der Waals surface area contributed by atoms with Gasteiger partial charge in [-0.2, -0.15) is 0 Å². The molecule has 0 radical (unpaired) electrons. The fraction of sp³-hybridized carbons (Fsp3) is 0.577. The van der Waals surface area contributed by atoms with Crippen LogP contribution >= 0.6 is 0 Å². The third kappa shape index (κ3) is 4.14. The van der Waals surface area contributed by atoms with Crippen molar-refractivity contribution in [3.05, 3.63) is 35.1 Å². The Hall–Kier alpha value is -3.15. The van der Waals surface area contributed by atoms with Gasteiger partial charge in [-0.25, -0.2) is 9.59 Å². The molecule has 11 heteroatoms. The Morgan fingerprint density at radius 1 is 1.32 bits per heavy atom. The third-order valence-corrected chi connectivity index (χ3v) is 8.15. The molecule has 0 unspecified atom stereocenters. The van der Waals surface area contributed by atoms with Crippen LogP contribution in [0.25, 0.3) is 0 Å². The molecule has 3 aliphatic rings. The number of benzene rings is 1. The number of likely N-dealkylation sites (N-methyl/N-ethyl adjacent to an activating group) is 1. The van der Waals surface area contributed by atoms with Gasteiger partial charge >= 0.3 is 11.9 Å². The molecule has 1 fully saturated rings. The second-order valence-corrected chi connectivity index (χ2v) is 10.2. The number of hydrogen-bond donors (Lipinski definition) is 4. The lowest BCUT2D eigenvalue weighted by molar-refractivity contribution is -0.163. The van der Waals surface area contributed by atoms with Crippen LogP contribution in [-0.4, -0.2) is 88.7 Å². The number of aliphatic carboxylic acids is 1. The molecular weight excluding hydrogens is 484 g/mol. The molecule has 202 valence electrons. The minimum Gasteiger partial charge on any atom is -0.493 e. The Labute approximate surface area is 215 Å². The van der Waals surface area contributed by atoms with E-state index in [4.69, 9.17) is 19.3 Å². The van der Waals surface area contributed by atoms with Gasteiger partial charge < -0.3 is 39.7 Å². The first-order chi connectivity index (χ1) is 17.4. The van der Waals surface area contributed by atoms with E-state index in [1.807, 2.05) is 27.0 Å². The van der Waals surface area contributed by atoms with Gasteiger partial charge in [0.05, 0.1) is 24.5 Å². The number of nitrogens with one attached hydrogen (secondary N) is 1. The number of carboxylic acids is 1. The van der Waals surface area contributed by atoms with Crippen LogP contribution in [0.5, 0.6) is 11.5 Å². The minimum atomic E-state index is -1.88. The summed E-state index contributed by atoms with van der Waals surface area (Å²) < 4.78 is 17.8. The highest BCUT2D eigenvalue weighted by molar-refractivity contribution is 5.87. The summed E-state index contributed by atoms with van der Waals surface area (Å²) in [7, 11) is 3.50. The van der Waals surface area contributed by atoms with Crippen LogP contribution in [0.4, 0.5) is 0 Å². The van der Waals surface area contributed by atoms with Gasteiger partial charge in [-0.05, 0) is 58.5 Å². The first kappa shape index (κ1) is 26.9. The number of carbonyl (C=O) groups excluding carboxylic acids is 2. The van der Waals surface area contributed by atoms with Gasteiger partial charge in [0.2, 0.25) is 5.91 Å². The molecule has 2 aliphatic heterocycles. The molecule has 0 bridgehead atoms. The zero-order chi connectivity index (χ0) is 27.3. The maximum Gasteiger partial charge on any atom is 0.333 e. The number of hydrogen-bond acceptors (Lipinski definition) is 9. The highest BCUT2D eigenvalue weighted by Crippen LogP contribution is 2.62. The average Bonchev–Trinajstić information content (AvgIpc) is 3.21. The summed E-state index contributed by atoms with van der Waals surface area (Å²) in [4.78, 5) is 37.9. The highest BCUT2D eigenvalue weighted by Gasteiger charge is 2.69. The summed E-state index contributed by atoms with van der Waals surface area (Å²) in [5.74, 6) is -1.87. The number of aliphatic hydroxyl groups is 2. The van der Waals surface area contributed by atoms with E-state index in [1.54, 1.807) is 19.3 Å². The Balaban J connectivity index is 1.66. The molecule has 4 rings (SSSR count). The third-order valence-electron chi connectivity index (χ3n) is 8.15. The van der Waals surface area contributed by atoms with E-state index < -0.39 is 53.5 Å². The maximum absolute atomic E-state index is 13.0. The molecule has 11 nitrogen and oxygen atoms in total. The molecule has 37 heavy (non-hydrogen) atoms. The molecule has 1 aromatic rings. The Bertz CT molecular complexity index is 1150. The molecule has 2 heterocycles. The number of rotatable bonds is 7. The first-order valence-electron chi connectivity index (χ1n) is 12.3. The lowest BCUT2D eigenvalue weighted by atomic mass is 9.54. The molecule has 1 aliphatic carbocycles. The van der Waals surface area contributed by atoms with Gasteiger partial charge in [-0.1, -0.05) is 6.07 Å². The summed E-state index contributed by atoms with van der Waals surface area (Å²) in [5, 5.41) is 32.8. The number of nitrogens with zero attached hydrogens (tertiary/aromatic N) is 1. The quantitative estimate of drug-likeness (QED) is 0.378. The van der Waals surface area contributed by atoms with Crippen LogP contribution in [0.1, 0.15) is 44.2 Å². The fourth-order valence-corrected chi connectivity index (χ4v) is 5.98. The van der Waals surface area contributed by atoms with Crippen molar-refractivity contribution in [1.82, 2.24) is 10.2 Å². The van der Waals surface area contributed by atoms with Gasteiger partial charge in [0.1, 0.15) is 11.8 Å². The van der Waals surface area contributed by atoms with Crippen molar-refractivity contribution in [2.75, 3.05) is 20.7 Å². The van der Waals surface area contributed by atoms with E-state index >= 15 is 0 Å². The van der Waals surface area contributed by atoms with Crippen LogP contribution in [0, 0.1) is 6.92 Å². The fourth-order valence-electron chi connectivity index (χ4n) is 5.98. The Kier molecular flexibility index (Phi) is 7.00. The Morgan fingerprint density at radius 2 is 2.03 bits per heavy atom. The van der Waals surface area contributed by atoms with Gasteiger partial charge in [0.25, 0.3) is 0 Å². The number of likely N-dealkylation sites (tertiary alicyclic amines) is 1. The van der Waals surface area contributed by atoms with E-state index in [1.165, 1.54) is 6.92 Å². The molecule has 1 spiro atoms. The molecule has 1 saturated heterocycles. The van der Waals surface area contributed by atoms with Gasteiger partial charge in [0, 0.05) is 18.0 Å². The van der Waals surface area contributed by atoms with Crippen molar-refractivity contribution in [3.8, 4) is 11.5 Å². The van der Waals surface area contributed by atoms with Crippen molar-refractivity contribution in [3.63, 3.8) is 0 Å². The van der Waals surface area contributed by atoms with Crippen molar-refractivity contribution in [1.29, 1.82) is 0 Å². The molecule has 0 saturated carbocycles. The zero-order valence-electron chi connectivity index (χ0n) is 21.6. The minimum absolute atomic E-state index is 0.211. The summed E-state index contributed by atoms with van der Waals surface area (Å²) in [6.45, 7) is 6.01. The first-order valence-corrected chi connectivity index (χ1v) is 12.3. The van der Waals surface area contributed by atoms with Gasteiger partial charge in [-0.15, -0.1) is 0 Å². The number of carboxylic acid groups (broad SMARTS) is 1. The molecule has 1 amide bonds. The topological polar surface area (TPSA) is 155 Å². The van der Waals surface area contributed by atoms with E-state index in [9.17, 15) is 24.6 Å². The van der Waals surface area contributed by atoms with Crippen LogP contribution in [0.2, 0.25) is 0 Å². The SMILES string of the molecule is COc1ccc(C)c2c1O[C@H]1C(OC(=O)[C@H](C)NC(=O)C[C@H](O)C(=O)O)=CC[C@@]3(O)[C@@H](C)N(C)CC[C@]213. The van der Waals surface area contributed by atoms with E-state index in [0.717, 1.165) is 11.1 Å². The smallest absolute Gasteiger partial charge is 0.333 e. The number of methoxy groups -OCH3 is 1. The highest BCUT2D eigenvalue weighted by atomic mass is 16.6. The monoisotopic (exact) mass is 518 g/mol. The maximum atomic E-state index is 13.0. The zero-order valence-corrected chi connectivity index (χ0v) is 21.6. The largest absolute Gasteiger partial charge is 0.493 e. The predicted molar refractivity (Wildman–Crippen MR) is 130 cm³/mol. The summed E-state index contributed by atoms with van der Waals surface area (Å²) in [5.41, 5.74) is -0.367. The average molecular weight is 519 g/mol. The molecule has 0 aromatic heterocycles. The summed E-state index contributed by atoms with van der Waals surface area (Å²) in [6, 6.07) is 2.38. The number of amides is 1. The second-order valence-electron chi connectivity index (χ2n) is 10.2. The normalized spacial score (nSPS) is 30.0. The van der Waals surface area contributed by atoms with E-state index in [2.05, 4.69) is 10.2 Å². The molecule has 1 aromatic carbocycles. The number of esters is 1. The summed E-state index contributed by atoms with van der Waals surface area (Å²) in [6.07, 6.45) is -0.971. The predicted octanol–water partition coefficient (Wildman–Crippen LogP) is 0.629. The van der Waals surface area contributed by atoms with E-state index in [-0.39, 0.29) is 18.2 Å².